The lowest BCUT2D eigenvalue weighted by molar-refractivity contribution is -0.893. The van der Waals surface area contributed by atoms with E-state index >= 15 is 0 Å². The van der Waals surface area contributed by atoms with Gasteiger partial charge in [-0.15, -0.1) is 10.2 Å². The summed E-state index contributed by atoms with van der Waals surface area (Å²) in [6.07, 6.45) is 0.993. The van der Waals surface area contributed by atoms with E-state index in [-0.39, 0.29) is 17.1 Å². The second-order valence-corrected chi connectivity index (χ2v) is 8.57. The van der Waals surface area contributed by atoms with Crippen LogP contribution in [0, 0.1) is 5.82 Å². The van der Waals surface area contributed by atoms with Crippen LogP contribution in [-0.2, 0) is 6.54 Å². The SMILES string of the molecule is CC[C@@H](c1nnc(S[C@H](C)c2ccc(F)cc2)n1Cc1ccccc1)[NH+](C)C. The molecule has 0 unspecified atom stereocenters. The highest BCUT2D eigenvalue weighted by Gasteiger charge is 2.26. The highest BCUT2D eigenvalue weighted by Crippen LogP contribution is 2.35. The first-order chi connectivity index (χ1) is 13.5. The molecule has 0 saturated carbocycles. The van der Waals surface area contributed by atoms with Gasteiger partial charge < -0.3 is 4.90 Å². The number of aromatic nitrogens is 3. The van der Waals surface area contributed by atoms with Crippen LogP contribution in [0.2, 0.25) is 0 Å². The minimum atomic E-state index is -0.213. The number of halogens is 1. The normalized spacial score (nSPS) is 13.6. The summed E-state index contributed by atoms with van der Waals surface area (Å²) >= 11 is 1.67. The Morgan fingerprint density at radius 1 is 1.04 bits per heavy atom. The summed E-state index contributed by atoms with van der Waals surface area (Å²) in [4.78, 5) is 1.34. The molecule has 148 valence electrons. The number of rotatable bonds is 8. The van der Waals surface area contributed by atoms with E-state index in [1.807, 2.05) is 18.2 Å². The lowest BCUT2D eigenvalue weighted by Gasteiger charge is -2.21. The highest BCUT2D eigenvalue weighted by molar-refractivity contribution is 7.99. The van der Waals surface area contributed by atoms with Gasteiger partial charge in [-0.2, -0.15) is 0 Å². The number of hydrogen-bond donors (Lipinski definition) is 1. The second-order valence-electron chi connectivity index (χ2n) is 7.26. The van der Waals surface area contributed by atoms with E-state index in [4.69, 9.17) is 0 Å². The minimum absolute atomic E-state index is 0.152. The molecule has 3 rings (SSSR count). The van der Waals surface area contributed by atoms with Gasteiger partial charge >= 0.3 is 0 Å². The van der Waals surface area contributed by atoms with Crippen LogP contribution >= 0.6 is 11.8 Å². The van der Waals surface area contributed by atoms with Crippen LogP contribution in [0.15, 0.2) is 59.8 Å². The maximum atomic E-state index is 13.3. The van der Waals surface area contributed by atoms with Crippen molar-refractivity contribution in [2.75, 3.05) is 14.1 Å². The Hall–Kier alpha value is -2.18. The number of thioether (sulfide) groups is 1. The van der Waals surface area contributed by atoms with Crippen LogP contribution in [0.3, 0.4) is 0 Å². The van der Waals surface area contributed by atoms with Crippen LogP contribution in [0.5, 0.6) is 0 Å². The predicted octanol–water partition coefficient (Wildman–Crippen LogP) is 3.91. The summed E-state index contributed by atoms with van der Waals surface area (Å²) in [6, 6.07) is 17.4. The third-order valence-corrected chi connectivity index (χ3v) is 6.11. The van der Waals surface area contributed by atoms with Gasteiger partial charge in [-0.05, 0) is 30.2 Å². The molecule has 3 aromatic rings. The van der Waals surface area contributed by atoms with Crippen molar-refractivity contribution in [1.82, 2.24) is 14.8 Å². The summed E-state index contributed by atoms with van der Waals surface area (Å²) in [6.45, 7) is 5.05. The molecule has 28 heavy (non-hydrogen) atoms. The van der Waals surface area contributed by atoms with Crippen molar-refractivity contribution < 1.29 is 9.29 Å². The molecule has 2 aromatic carbocycles. The van der Waals surface area contributed by atoms with Crippen LogP contribution < -0.4 is 4.90 Å². The van der Waals surface area contributed by atoms with Gasteiger partial charge in [0, 0.05) is 11.7 Å². The van der Waals surface area contributed by atoms with Gasteiger partial charge in [0.2, 0.25) is 0 Å². The highest BCUT2D eigenvalue weighted by atomic mass is 32.2. The van der Waals surface area contributed by atoms with Crippen molar-refractivity contribution >= 4 is 11.8 Å². The second kappa shape index (κ2) is 9.34. The summed E-state index contributed by atoms with van der Waals surface area (Å²) < 4.78 is 15.5. The third kappa shape index (κ3) is 4.80. The Balaban J connectivity index is 1.93. The summed E-state index contributed by atoms with van der Waals surface area (Å²) in [7, 11) is 4.31. The summed E-state index contributed by atoms with van der Waals surface area (Å²) in [5.74, 6) is 0.801. The molecule has 0 aliphatic heterocycles. The van der Waals surface area contributed by atoms with Crippen molar-refractivity contribution in [2.24, 2.45) is 0 Å². The topological polar surface area (TPSA) is 35.1 Å². The fraction of sp³-hybridized carbons (Fsp3) is 0.364. The molecular formula is C22H28FN4S+. The Morgan fingerprint density at radius 3 is 2.32 bits per heavy atom. The molecule has 0 saturated heterocycles. The molecule has 4 nitrogen and oxygen atoms in total. The van der Waals surface area contributed by atoms with Crippen molar-refractivity contribution in [1.29, 1.82) is 0 Å². The number of nitrogens with zero attached hydrogens (tertiary/aromatic N) is 3. The first-order valence-corrected chi connectivity index (χ1v) is 10.6. The van der Waals surface area contributed by atoms with Crippen molar-refractivity contribution in [3.63, 3.8) is 0 Å². The van der Waals surface area contributed by atoms with E-state index in [1.54, 1.807) is 11.8 Å². The van der Waals surface area contributed by atoms with Crippen LogP contribution in [0.25, 0.3) is 0 Å². The van der Waals surface area contributed by atoms with E-state index in [0.717, 1.165) is 29.5 Å². The van der Waals surface area contributed by atoms with E-state index < -0.39 is 0 Å². The van der Waals surface area contributed by atoms with Gasteiger partial charge in [-0.3, -0.25) is 4.57 Å². The molecule has 0 aliphatic carbocycles. The molecule has 1 N–H and O–H groups in total. The number of benzene rings is 2. The van der Waals surface area contributed by atoms with Gasteiger partial charge in [-0.25, -0.2) is 4.39 Å². The molecule has 0 fully saturated rings. The fourth-order valence-electron chi connectivity index (χ4n) is 3.37. The molecule has 0 spiro atoms. The molecule has 1 aromatic heterocycles. The van der Waals surface area contributed by atoms with Crippen molar-refractivity contribution in [3.8, 4) is 0 Å². The smallest absolute Gasteiger partial charge is 0.192 e. The van der Waals surface area contributed by atoms with E-state index in [1.165, 1.54) is 22.6 Å². The van der Waals surface area contributed by atoms with Crippen molar-refractivity contribution in [2.45, 2.75) is 43.3 Å². The lowest BCUT2D eigenvalue weighted by atomic mass is 10.2. The van der Waals surface area contributed by atoms with Gasteiger partial charge in [0.05, 0.1) is 20.6 Å². The molecule has 0 radical (unpaired) electrons. The Bertz CT molecular complexity index is 877. The van der Waals surface area contributed by atoms with Gasteiger partial charge in [0.1, 0.15) is 11.9 Å². The maximum absolute atomic E-state index is 13.3. The quantitative estimate of drug-likeness (QED) is 0.583. The summed E-state index contributed by atoms with van der Waals surface area (Å²) in [5.41, 5.74) is 2.30. The van der Waals surface area contributed by atoms with Crippen LogP contribution in [0.4, 0.5) is 4.39 Å². The van der Waals surface area contributed by atoms with Gasteiger partial charge in [-0.1, -0.05) is 61.2 Å². The van der Waals surface area contributed by atoms with E-state index in [0.29, 0.717) is 0 Å². The van der Waals surface area contributed by atoms with E-state index in [9.17, 15) is 4.39 Å². The Morgan fingerprint density at radius 2 is 1.71 bits per heavy atom. The maximum Gasteiger partial charge on any atom is 0.192 e. The zero-order chi connectivity index (χ0) is 20.1. The molecule has 0 amide bonds. The first kappa shape index (κ1) is 20.6. The third-order valence-electron chi connectivity index (χ3n) is 4.97. The molecule has 0 aliphatic rings. The van der Waals surface area contributed by atoms with Crippen LogP contribution in [-0.4, -0.2) is 28.9 Å². The summed E-state index contributed by atoms with van der Waals surface area (Å²) in [5, 5.41) is 10.2. The predicted molar refractivity (Wildman–Crippen MR) is 112 cm³/mol. The fourth-order valence-corrected chi connectivity index (χ4v) is 4.35. The zero-order valence-corrected chi connectivity index (χ0v) is 17.7. The standard InChI is InChI=1S/C22H27FN4S/c1-5-20(26(3)4)21-24-25-22(27(21)15-17-9-7-6-8-10-17)28-16(2)18-11-13-19(23)14-12-18/h6-14,16,20H,5,15H2,1-4H3/p+1/t16-,20+/m1/s1. The lowest BCUT2D eigenvalue weighted by Crippen LogP contribution is -3.06. The molecule has 2 atom stereocenters. The Kier molecular flexibility index (Phi) is 6.86. The molecule has 6 heteroatoms. The molecule has 0 bridgehead atoms. The largest absolute Gasteiger partial charge is 0.331 e. The monoisotopic (exact) mass is 399 g/mol. The number of hydrogen-bond acceptors (Lipinski definition) is 3. The number of quaternary nitrogens is 1. The molecule has 1 heterocycles. The van der Waals surface area contributed by atoms with Crippen LogP contribution in [0.1, 0.15) is 48.5 Å². The van der Waals surface area contributed by atoms with E-state index in [2.05, 4.69) is 67.0 Å². The Labute approximate surface area is 170 Å². The first-order valence-electron chi connectivity index (χ1n) is 9.68. The zero-order valence-electron chi connectivity index (χ0n) is 16.9. The van der Waals surface area contributed by atoms with Gasteiger partial charge in [0.25, 0.3) is 0 Å². The molecular weight excluding hydrogens is 371 g/mol. The average Bonchev–Trinajstić information content (AvgIpc) is 3.05. The van der Waals surface area contributed by atoms with Gasteiger partial charge in [0.15, 0.2) is 11.0 Å². The average molecular weight is 400 g/mol. The number of nitrogens with one attached hydrogen (secondary N) is 1. The minimum Gasteiger partial charge on any atom is -0.331 e. The van der Waals surface area contributed by atoms with Crippen molar-refractivity contribution in [3.05, 3.63) is 77.4 Å².